The average molecular weight is 437 g/mol. The number of hydrogen-bond donors (Lipinski definition) is 2. The fourth-order valence-electron chi connectivity index (χ4n) is 6.37. The van der Waals surface area contributed by atoms with Gasteiger partial charge in [0.15, 0.2) is 0 Å². The van der Waals surface area contributed by atoms with Crippen LogP contribution in [-0.4, -0.2) is 80.8 Å². The lowest BCUT2D eigenvalue weighted by molar-refractivity contribution is -0.153. The van der Waals surface area contributed by atoms with Gasteiger partial charge in [-0.25, -0.2) is 0 Å². The lowest BCUT2D eigenvalue weighted by Crippen LogP contribution is -2.61. The molecule has 3 saturated heterocycles. The van der Waals surface area contributed by atoms with E-state index in [1.54, 1.807) is 11.0 Å². The summed E-state index contributed by atoms with van der Waals surface area (Å²) in [6, 6.07) is -0.953. The van der Waals surface area contributed by atoms with E-state index >= 15 is 0 Å². The summed E-state index contributed by atoms with van der Waals surface area (Å²) in [6.07, 6.45) is 2.78. The van der Waals surface area contributed by atoms with Crippen molar-refractivity contribution in [3.05, 3.63) is 12.7 Å². The highest BCUT2D eigenvalue weighted by Gasteiger charge is 2.75. The number of ether oxygens (including phenoxy) is 1. The highest BCUT2D eigenvalue weighted by Crippen LogP contribution is 2.58. The normalized spacial score (nSPS) is 32.3. The fourth-order valence-corrected chi connectivity index (χ4v) is 6.37. The number of aliphatic carboxylic acids is 1. The van der Waals surface area contributed by atoms with E-state index in [2.05, 4.69) is 27.4 Å². The zero-order valence-corrected chi connectivity index (χ0v) is 19.3. The zero-order chi connectivity index (χ0) is 23.4. The number of β-amino-alcohol motifs (C(OH)–C–C–N with tert-alkyl or cyclic N) is 1. The molecule has 8 heteroatoms. The SMILES string of the molecule is C=CCN(C(=O)[C@@H]1N(CCO)C(=O)[C@H]2[C@H](C(=O)O)[C@@H]3CC[C@]12O3)C(C)(C)CC(C)(C)C. The summed E-state index contributed by atoms with van der Waals surface area (Å²) in [7, 11) is 0. The van der Waals surface area contributed by atoms with Crippen LogP contribution < -0.4 is 0 Å². The van der Waals surface area contributed by atoms with Gasteiger partial charge in [-0.15, -0.1) is 6.58 Å². The highest BCUT2D eigenvalue weighted by atomic mass is 16.5. The van der Waals surface area contributed by atoms with E-state index in [4.69, 9.17) is 4.74 Å². The van der Waals surface area contributed by atoms with Gasteiger partial charge in [-0.05, 0) is 38.5 Å². The van der Waals surface area contributed by atoms with Gasteiger partial charge in [-0.1, -0.05) is 26.8 Å². The molecular weight excluding hydrogens is 400 g/mol. The molecule has 0 aromatic carbocycles. The summed E-state index contributed by atoms with van der Waals surface area (Å²) in [6.45, 7) is 14.1. The zero-order valence-electron chi connectivity index (χ0n) is 19.3. The van der Waals surface area contributed by atoms with Crippen LogP contribution in [0.5, 0.6) is 0 Å². The van der Waals surface area contributed by atoms with Gasteiger partial charge in [-0.2, -0.15) is 0 Å². The van der Waals surface area contributed by atoms with Gasteiger partial charge >= 0.3 is 5.97 Å². The van der Waals surface area contributed by atoms with Crippen molar-refractivity contribution in [1.29, 1.82) is 0 Å². The summed E-state index contributed by atoms with van der Waals surface area (Å²) in [5.41, 5.74) is -1.74. The van der Waals surface area contributed by atoms with Crippen molar-refractivity contribution in [1.82, 2.24) is 9.80 Å². The molecule has 2 bridgehead atoms. The molecule has 5 atom stereocenters. The Bertz CT molecular complexity index is 773. The number of amides is 2. The Morgan fingerprint density at radius 2 is 1.97 bits per heavy atom. The van der Waals surface area contributed by atoms with E-state index in [9.17, 15) is 24.6 Å². The molecule has 174 valence electrons. The number of fused-ring (bicyclic) bond motifs is 1. The van der Waals surface area contributed by atoms with Crippen LogP contribution in [-0.2, 0) is 19.1 Å². The Hall–Kier alpha value is -1.93. The fraction of sp³-hybridized carbons (Fsp3) is 0.783. The molecule has 31 heavy (non-hydrogen) atoms. The van der Waals surface area contributed by atoms with Crippen molar-refractivity contribution < 1.29 is 29.3 Å². The molecule has 2 amide bonds. The average Bonchev–Trinajstić information content (AvgIpc) is 3.25. The molecule has 3 aliphatic heterocycles. The van der Waals surface area contributed by atoms with Crippen LogP contribution in [0.2, 0.25) is 0 Å². The maximum absolute atomic E-state index is 14.1. The van der Waals surface area contributed by atoms with E-state index in [0.29, 0.717) is 19.4 Å². The van der Waals surface area contributed by atoms with Crippen LogP contribution in [0, 0.1) is 17.3 Å². The first kappa shape index (κ1) is 23.7. The van der Waals surface area contributed by atoms with E-state index in [-0.39, 0.29) is 24.5 Å². The second-order valence-electron chi connectivity index (χ2n) is 10.9. The maximum atomic E-state index is 14.1. The summed E-state index contributed by atoms with van der Waals surface area (Å²) in [5, 5.41) is 19.4. The predicted octanol–water partition coefficient (Wildman–Crippen LogP) is 1.67. The lowest BCUT2D eigenvalue weighted by Gasteiger charge is -2.45. The number of carboxylic acids is 1. The second kappa shape index (κ2) is 7.89. The summed E-state index contributed by atoms with van der Waals surface area (Å²) in [5.74, 6) is -3.62. The van der Waals surface area contributed by atoms with Crippen molar-refractivity contribution in [2.75, 3.05) is 19.7 Å². The maximum Gasteiger partial charge on any atom is 0.310 e. The number of carboxylic acid groups (broad SMARTS) is 1. The smallest absolute Gasteiger partial charge is 0.310 e. The minimum absolute atomic E-state index is 0.0323. The molecular formula is C23H36N2O6. The molecule has 3 fully saturated rings. The van der Waals surface area contributed by atoms with Crippen LogP contribution in [0.4, 0.5) is 0 Å². The van der Waals surface area contributed by atoms with E-state index < -0.39 is 47.0 Å². The van der Waals surface area contributed by atoms with Crippen molar-refractivity contribution in [3.8, 4) is 0 Å². The Morgan fingerprint density at radius 3 is 2.48 bits per heavy atom. The van der Waals surface area contributed by atoms with Gasteiger partial charge < -0.3 is 24.7 Å². The lowest BCUT2D eigenvalue weighted by atomic mass is 9.70. The van der Waals surface area contributed by atoms with Gasteiger partial charge in [0.05, 0.1) is 24.5 Å². The van der Waals surface area contributed by atoms with Gasteiger partial charge in [-0.3, -0.25) is 14.4 Å². The number of carbonyl (C=O) groups excluding carboxylic acids is 2. The third kappa shape index (κ3) is 3.78. The molecule has 3 aliphatic rings. The number of carbonyl (C=O) groups is 3. The molecule has 0 saturated carbocycles. The minimum Gasteiger partial charge on any atom is -0.481 e. The van der Waals surface area contributed by atoms with Crippen LogP contribution in [0.25, 0.3) is 0 Å². The van der Waals surface area contributed by atoms with Crippen LogP contribution in [0.1, 0.15) is 53.9 Å². The molecule has 0 aliphatic carbocycles. The van der Waals surface area contributed by atoms with E-state index in [1.165, 1.54) is 4.90 Å². The number of hydrogen-bond acceptors (Lipinski definition) is 5. The Morgan fingerprint density at radius 1 is 1.32 bits per heavy atom. The van der Waals surface area contributed by atoms with Crippen molar-refractivity contribution in [2.45, 2.75) is 77.2 Å². The van der Waals surface area contributed by atoms with Gasteiger partial charge in [0, 0.05) is 18.6 Å². The third-order valence-corrected chi connectivity index (χ3v) is 6.93. The van der Waals surface area contributed by atoms with Crippen molar-refractivity contribution >= 4 is 17.8 Å². The Kier molecular flexibility index (Phi) is 6.04. The summed E-state index contributed by atoms with van der Waals surface area (Å²) in [4.78, 5) is 42.5. The highest BCUT2D eigenvalue weighted by molar-refractivity contribution is 5.98. The molecule has 0 aromatic rings. The Labute approximate surface area is 184 Å². The second-order valence-corrected chi connectivity index (χ2v) is 10.9. The molecule has 0 radical (unpaired) electrons. The summed E-state index contributed by atoms with van der Waals surface area (Å²) < 4.78 is 6.18. The first-order chi connectivity index (χ1) is 14.3. The number of aliphatic hydroxyl groups is 1. The largest absolute Gasteiger partial charge is 0.481 e. The van der Waals surface area contributed by atoms with Crippen molar-refractivity contribution in [2.24, 2.45) is 17.3 Å². The van der Waals surface area contributed by atoms with E-state index in [0.717, 1.165) is 6.42 Å². The summed E-state index contributed by atoms with van der Waals surface area (Å²) >= 11 is 0. The number of aliphatic hydroxyl groups excluding tert-OH is 1. The van der Waals surface area contributed by atoms with Crippen LogP contribution in [0.15, 0.2) is 12.7 Å². The first-order valence-corrected chi connectivity index (χ1v) is 11.0. The van der Waals surface area contributed by atoms with Crippen LogP contribution >= 0.6 is 0 Å². The number of likely N-dealkylation sites (tertiary alicyclic amines) is 1. The monoisotopic (exact) mass is 436 g/mol. The standard InChI is InChI=1S/C23H36N2O6/c1-7-10-25(22(5,6)13-21(2,3)4)19(28)17-23-9-8-14(31-23)15(20(29)30)16(23)18(27)24(17)11-12-26/h7,14-17,26H,1,8-13H2,2-6H3,(H,29,30)/t14-,15+,16+,17-,23+/m0/s1. The molecule has 3 heterocycles. The molecule has 8 nitrogen and oxygen atoms in total. The van der Waals surface area contributed by atoms with Crippen molar-refractivity contribution in [3.63, 3.8) is 0 Å². The molecule has 1 spiro atoms. The molecule has 2 N–H and O–H groups in total. The predicted molar refractivity (Wildman–Crippen MR) is 114 cm³/mol. The topological polar surface area (TPSA) is 107 Å². The quantitative estimate of drug-likeness (QED) is 0.561. The third-order valence-electron chi connectivity index (χ3n) is 6.93. The van der Waals surface area contributed by atoms with E-state index in [1.807, 2.05) is 13.8 Å². The minimum atomic E-state index is -1.16. The Balaban J connectivity index is 2.05. The first-order valence-electron chi connectivity index (χ1n) is 11.0. The number of rotatable bonds is 8. The molecule has 0 unspecified atom stereocenters. The van der Waals surface area contributed by atoms with Gasteiger partial charge in [0.2, 0.25) is 11.8 Å². The molecule has 3 rings (SSSR count). The van der Waals surface area contributed by atoms with Gasteiger partial charge in [0.25, 0.3) is 0 Å². The van der Waals surface area contributed by atoms with Crippen LogP contribution in [0.3, 0.4) is 0 Å². The molecule has 0 aromatic heterocycles. The number of nitrogens with zero attached hydrogens (tertiary/aromatic N) is 2. The van der Waals surface area contributed by atoms with Gasteiger partial charge in [0.1, 0.15) is 11.6 Å².